The summed E-state index contributed by atoms with van der Waals surface area (Å²) in [6.07, 6.45) is 0. The van der Waals surface area contributed by atoms with E-state index in [2.05, 4.69) is 23.8 Å². The first-order chi connectivity index (χ1) is 10.0. The van der Waals surface area contributed by atoms with Crippen molar-refractivity contribution >= 4 is 0 Å². The molecule has 2 unspecified atom stereocenters. The minimum absolute atomic E-state index is 0.0179. The van der Waals surface area contributed by atoms with Crippen molar-refractivity contribution in [3.63, 3.8) is 0 Å². The van der Waals surface area contributed by atoms with Crippen LogP contribution in [0.25, 0.3) is 0 Å². The molecule has 1 fully saturated rings. The lowest BCUT2D eigenvalue weighted by Crippen LogP contribution is -2.52. The van der Waals surface area contributed by atoms with Gasteiger partial charge in [0.2, 0.25) is 0 Å². The fourth-order valence-corrected chi connectivity index (χ4v) is 2.89. The predicted octanol–water partition coefficient (Wildman–Crippen LogP) is 1.34. The van der Waals surface area contributed by atoms with E-state index in [9.17, 15) is 0 Å². The number of nitrogens with zero attached hydrogens (tertiary/aromatic N) is 2. The molecular weight excluding hydrogens is 266 g/mol. The van der Waals surface area contributed by atoms with Crippen LogP contribution >= 0.6 is 0 Å². The van der Waals surface area contributed by atoms with E-state index < -0.39 is 0 Å². The number of likely N-dealkylation sites (N-methyl/N-ethyl adjacent to an activating group) is 1. The Labute approximate surface area is 127 Å². The van der Waals surface area contributed by atoms with E-state index in [1.807, 2.05) is 18.2 Å². The van der Waals surface area contributed by atoms with E-state index in [0.29, 0.717) is 6.04 Å². The third-order valence-corrected chi connectivity index (χ3v) is 4.24. The summed E-state index contributed by atoms with van der Waals surface area (Å²) in [5.74, 6) is 1.47. The monoisotopic (exact) mass is 293 g/mol. The molecule has 1 aromatic rings. The quantitative estimate of drug-likeness (QED) is 0.888. The summed E-state index contributed by atoms with van der Waals surface area (Å²) in [5.41, 5.74) is 7.47. The normalized spacial score (nSPS) is 22.0. The first kappa shape index (κ1) is 16.1. The van der Waals surface area contributed by atoms with Gasteiger partial charge in [-0.3, -0.25) is 4.90 Å². The van der Waals surface area contributed by atoms with Gasteiger partial charge in [0.25, 0.3) is 0 Å². The maximum absolute atomic E-state index is 6.39. The number of hydrogen-bond acceptors (Lipinski definition) is 5. The summed E-state index contributed by atoms with van der Waals surface area (Å²) in [5, 5.41) is 0. The van der Waals surface area contributed by atoms with Gasteiger partial charge in [-0.25, -0.2) is 0 Å². The highest BCUT2D eigenvalue weighted by molar-refractivity contribution is 5.43. The van der Waals surface area contributed by atoms with Gasteiger partial charge in [-0.05, 0) is 31.7 Å². The third-order valence-electron chi connectivity index (χ3n) is 4.24. The van der Waals surface area contributed by atoms with E-state index in [-0.39, 0.29) is 6.04 Å². The van der Waals surface area contributed by atoms with Crippen molar-refractivity contribution in [3.05, 3.63) is 23.8 Å². The van der Waals surface area contributed by atoms with Crippen LogP contribution < -0.4 is 15.2 Å². The Balaban J connectivity index is 2.04. The summed E-state index contributed by atoms with van der Waals surface area (Å²) in [7, 11) is 5.46. The maximum atomic E-state index is 6.39. The molecule has 5 nitrogen and oxygen atoms in total. The minimum atomic E-state index is -0.0179. The molecule has 0 bridgehead atoms. The lowest BCUT2D eigenvalue weighted by molar-refractivity contribution is 0.0945. The molecule has 5 heteroatoms. The lowest BCUT2D eigenvalue weighted by Gasteiger charge is -2.39. The molecule has 0 aliphatic carbocycles. The highest BCUT2D eigenvalue weighted by Gasteiger charge is 2.23. The molecule has 118 valence electrons. The van der Waals surface area contributed by atoms with Crippen LogP contribution in [0.3, 0.4) is 0 Å². The smallest absolute Gasteiger partial charge is 0.161 e. The van der Waals surface area contributed by atoms with E-state index >= 15 is 0 Å². The van der Waals surface area contributed by atoms with Crippen LogP contribution in [0.2, 0.25) is 0 Å². The number of piperazine rings is 1. The first-order valence-corrected chi connectivity index (χ1v) is 7.45. The van der Waals surface area contributed by atoms with Crippen LogP contribution in [0.5, 0.6) is 11.5 Å². The Hall–Kier alpha value is -1.30. The summed E-state index contributed by atoms with van der Waals surface area (Å²) in [6, 6.07) is 6.43. The van der Waals surface area contributed by atoms with Gasteiger partial charge in [0.15, 0.2) is 11.5 Å². The van der Waals surface area contributed by atoms with Crippen molar-refractivity contribution in [2.45, 2.75) is 19.0 Å². The van der Waals surface area contributed by atoms with Crippen LogP contribution in [0, 0.1) is 0 Å². The average Bonchev–Trinajstić information content (AvgIpc) is 2.49. The Morgan fingerprint density at radius 2 is 1.95 bits per heavy atom. The van der Waals surface area contributed by atoms with Gasteiger partial charge in [-0.2, -0.15) is 0 Å². The summed E-state index contributed by atoms with van der Waals surface area (Å²) >= 11 is 0. The molecule has 1 saturated heterocycles. The van der Waals surface area contributed by atoms with Crippen molar-refractivity contribution < 1.29 is 9.47 Å². The number of nitrogens with two attached hydrogens (primary N) is 1. The third kappa shape index (κ3) is 3.87. The second kappa shape index (κ2) is 7.11. The van der Waals surface area contributed by atoms with Crippen molar-refractivity contribution in [1.29, 1.82) is 0 Å². The van der Waals surface area contributed by atoms with Crippen molar-refractivity contribution in [2.24, 2.45) is 5.73 Å². The molecule has 2 N–H and O–H groups in total. The average molecular weight is 293 g/mol. The molecule has 1 aliphatic rings. The van der Waals surface area contributed by atoms with E-state index in [1.165, 1.54) is 0 Å². The van der Waals surface area contributed by atoms with Crippen LogP contribution in [0.1, 0.15) is 18.5 Å². The molecule has 1 heterocycles. The van der Waals surface area contributed by atoms with E-state index in [0.717, 1.165) is 43.2 Å². The largest absolute Gasteiger partial charge is 0.493 e. The highest BCUT2D eigenvalue weighted by atomic mass is 16.5. The fraction of sp³-hybridized carbons (Fsp3) is 0.625. The van der Waals surface area contributed by atoms with Crippen molar-refractivity contribution in [2.75, 3.05) is 47.4 Å². The minimum Gasteiger partial charge on any atom is -0.493 e. The first-order valence-electron chi connectivity index (χ1n) is 7.45. The number of benzene rings is 1. The van der Waals surface area contributed by atoms with E-state index in [1.54, 1.807) is 14.2 Å². The Kier molecular flexibility index (Phi) is 5.45. The molecule has 0 amide bonds. The molecule has 0 radical (unpaired) electrons. The molecule has 0 saturated carbocycles. The lowest BCUT2D eigenvalue weighted by atomic mass is 10.0. The highest BCUT2D eigenvalue weighted by Crippen LogP contribution is 2.29. The summed E-state index contributed by atoms with van der Waals surface area (Å²) in [4.78, 5) is 4.82. The number of hydrogen-bond donors (Lipinski definition) is 1. The zero-order valence-corrected chi connectivity index (χ0v) is 13.5. The maximum Gasteiger partial charge on any atom is 0.161 e. The van der Waals surface area contributed by atoms with Crippen LogP contribution in [0.15, 0.2) is 18.2 Å². The molecule has 1 aromatic carbocycles. The Morgan fingerprint density at radius 1 is 1.24 bits per heavy atom. The van der Waals surface area contributed by atoms with Crippen molar-refractivity contribution in [3.8, 4) is 11.5 Å². The number of methoxy groups -OCH3 is 2. The van der Waals surface area contributed by atoms with Gasteiger partial charge in [0.1, 0.15) is 0 Å². The zero-order valence-electron chi connectivity index (χ0n) is 13.5. The molecular formula is C16H27N3O2. The predicted molar refractivity (Wildman–Crippen MR) is 85.0 cm³/mol. The zero-order chi connectivity index (χ0) is 15.4. The van der Waals surface area contributed by atoms with Crippen molar-refractivity contribution in [1.82, 2.24) is 9.80 Å². The number of ether oxygens (including phenoxy) is 2. The van der Waals surface area contributed by atoms with Crippen LogP contribution in [-0.2, 0) is 0 Å². The Bertz CT molecular complexity index is 467. The van der Waals surface area contributed by atoms with E-state index in [4.69, 9.17) is 15.2 Å². The molecule has 0 aromatic heterocycles. The fourth-order valence-electron chi connectivity index (χ4n) is 2.89. The molecule has 1 aliphatic heterocycles. The van der Waals surface area contributed by atoms with Gasteiger partial charge < -0.3 is 20.1 Å². The van der Waals surface area contributed by atoms with Gasteiger partial charge in [-0.1, -0.05) is 6.07 Å². The number of rotatable bonds is 5. The second-order valence-electron chi connectivity index (χ2n) is 5.83. The molecule has 21 heavy (non-hydrogen) atoms. The molecule has 0 spiro atoms. The van der Waals surface area contributed by atoms with Gasteiger partial charge in [0, 0.05) is 38.3 Å². The topological polar surface area (TPSA) is 51.0 Å². The summed E-state index contributed by atoms with van der Waals surface area (Å²) in [6.45, 7) is 6.39. The standard InChI is InChI=1S/C16H27N3O2/c1-12-10-18(2)7-8-19(12)11-14(17)13-5-6-15(20-3)16(9-13)21-4/h5-6,9,12,14H,7-8,10-11,17H2,1-4H3. The second-order valence-corrected chi connectivity index (χ2v) is 5.83. The molecule has 2 rings (SSSR count). The summed E-state index contributed by atoms with van der Waals surface area (Å²) < 4.78 is 10.6. The van der Waals surface area contributed by atoms with Gasteiger partial charge in [0.05, 0.1) is 14.2 Å². The van der Waals surface area contributed by atoms with Gasteiger partial charge >= 0.3 is 0 Å². The van der Waals surface area contributed by atoms with Gasteiger partial charge in [-0.15, -0.1) is 0 Å². The SMILES string of the molecule is COc1ccc(C(N)CN2CCN(C)CC2C)cc1OC. The molecule has 2 atom stereocenters. The Morgan fingerprint density at radius 3 is 2.57 bits per heavy atom. The van der Waals surface area contributed by atoms with Crippen LogP contribution in [-0.4, -0.2) is 63.3 Å². The van der Waals surface area contributed by atoms with Crippen LogP contribution in [0.4, 0.5) is 0 Å².